The Morgan fingerprint density at radius 3 is 2.83 bits per heavy atom. The molecule has 2 aliphatic heterocycles. The molecule has 1 saturated heterocycles. The van der Waals surface area contributed by atoms with Crippen LogP contribution in [0.15, 0.2) is 18.2 Å². The number of carbonyl (C=O) groups is 2. The smallest absolute Gasteiger partial charge is 0.255 e. The minimum Gasteiger partial charge on any atom is -0.376 e. The second-order valence-electron chi connectivity index (χ2n) is 8.26. The van der Waals surface area contributed by atoms with E-state index in [1.165, 1.54) is 0 Å². The van der Waals surface area contributed by atoms with Crippen molar-refractivity contribution >= 4 is 11.8 Å². The summed E-state index contributed by atoms with van der Waals surface area (Å²) in [5.41, 5.74) is 4.88. The first-order valence-electron chi connectivity index (χ1n) is 10.8. The molecule has 1 aromatic carbocycles. The van der Waals surface area contributed by atoms with Crippen molar-refractivity contribution in [2.45, 2.75) is 65.8 Å². The van der Waals surface area contributed by atoms with Crippen molar-refractivity contribution < 1.29 is 14.3 Å². The SMILES string of the molecule is CCn1nc(C)c([C@H](C)NC(=O)c2cccc3c2C(=O)N(C[C@@H]2CCCO2)C3)c1C. The van der Waals surface area contributed by atoms with E-state index in [9.17, 15) is 9.59 Å². The molecular weight excluding hydrogens is 380 g/mol. The maximum Gasteiger partial charge on any atom is 0.255 e. The summed E-state index contributed by atoms with van der Waals surface area (Å²) in [6, 6.07) is 5.33. The second-order valence-corrected chi connectivity index (χ2v) is 8.26. The molecule has 30 heavy (non-hydrogen) atoms. The van der Waals surface area contributed by atoms with Crippen molar-refractivity contribution in [2.75, 3.05) is 13.2 Å². The van der Waals surface area contributed by atoms with E-state index in [2.05, 4.69) is 10.4 Å². The fraction of sp³-hybridized carbons (Fsp3) is 0.522. The number of fused-ring (bicyclic) bond motifs is 1. The third-order valence-electron chi connectivity index (χ3n) is 6.22. The first-order chi connectivity index (χ1) is 14.4. The van der Waals surface area contributed by atoms with Gasteiger partial charge in [0.05, 0.1) is 29.0 Å². The van der Waals surface area contributed by atoms with E-state index in [1.54, 1.807) is 11.0 Å². The van der Waals surface area contributed by atoms with E-state index < -0.39 is 0 Å². The lowest BCUT2D eigenvalue weighted by atomic mass is 10.0. The predicted molar refractivity (Wildman–Crippen MR) is 113 cm³/mol. The molecule has 1 fully saturated rings. The monoisotopic (exact) mass is 410 g/mol. The number of aromatic nitrogens is 2. The molecule has 160 valence electrons. The summed E-state index contributed by atoms with van der Waals surface area (Å²) in [6.45, 7) is 10.7. The van der Waals surface area contributed by atoms with E-state index in [4.69, 9.17) is 4.74 Å². The number of benzene rings is 1. The van der Waals surface area contributed by atoms with Crippen molar-refractivity contribution in [1.82, 2.24) is 20.0 Å². The van der Waals surface area contributed by atoms with Gasteiger partial charge >= 0.3 is 0 Å². The van der Waals surface area contributed by atoms with Crippen molar-refractivity contribution in [3.63, 3.8) is 0 Å². The summed E-state index contributed by atoms with van der Waals surface area (Å²) in [6.07, 6.45) is 2.12. The zero-order valence-electron chi connectivity index (χ0n) is 18.2. The van der Waals surface area contributed by atoms with Crippen molar-refractivity contribution in [3.05, 3.63) is 51.8 Å². The van der Waals surface area contributed by atoms with Gasteiger partial charge in [0.1, 0.15) is 0 Å². The van der Waals surface area contributed by atoms with E-state index in [0.29, 0.717) is 24.2 Å². The van der Waals surface area contributed by atoms with Gasteiger partial charge in [-0.3, -0.25) is 14.3 Å². The van der Waals surface area contributed by atoms with Crippen LogP contribution in [0.5, 0.6) is 0 Å². The Balaban J connectivity index is 1.53. The van der Waals surface area contributed by atoms with Gasteiger partial charge in [-0.05, 0) is 52.2 Å². The number of carbonyl (C=O) groups excluding carboxylic acids is 2. The summed E-state index contributed by atoms with van der Waals surface area (Å²) in [5, 5.41) is 7.63. The van der Waals surface area contributed by atoms with Gasteiger partial charge < -0.3 is 15.0 Å². The Kier molecular flexibility index (Phi) is 5.64. The molecule has 0 saturated carbocycles. The Hall–Kier alpha value is -2.67. The molecule has 2 aromatic rings. The lowest BCUT2D eigenvalue weighted by molar-refractivity contribution is 0.0544. The number of nitrogens with one attached hydrogen (secondary N) is 1. The quantitative estimate of drug-likeness (QED) is 0.794. The maximum absolute atomic E-state index is 13.2. The molecule has 7 nitrogen and oxygen atoms in total. The largest absolute Gasteiger partial charge is 0.376 e. The molecule has 7 heteroatoms. The third-order valence-corrected chi connectivity index (χ3v) is 6.22. The zero-order chi connectivity index (χ0) is 21.4. The second kappa shape index (κ2) is 8.22. The maximum atomic E-state index is 13.2. The van der Waals surface area contributed by atoms with E-state index in [-0.39, 0.29) is 24.0 Å². The zero-order valence-corrected chi connectivity index (χ0v) is 18.2. The van der Waals surface area contributed by atoms with Crippen molar-refractivity contribution in [3.8, 4) is 0 Å². The molecule has 0 aliphatic carbocycles. The first-order valence-corrected chi connectivity index (χ1v) is 10.8. The Bertz CT molecular complexity index is 975. The molecule has 0 spiro atoms. The highest BCUT2D eigenvalue weighted by molar-refractivity contribution is 6.09. The summed E-state index contributed by atoms with van der Waals surface area (Å²) in [7, 11) is 0. The number of hydrogen-bond acceptors (Lipinski definition) is 4. The van der Waals surface area contributed by atoms with Crippen LogP contribution in [0.2, 0.25) is 0 Å². The van der Waals surface area contributed by atoms with Crippen molar-refractivity contribution in [2.24, 2.45) is 0 Å². The molecule has 4 rings (SSSR count). The normalized spacial score (nSPS) is 19.3. The standard InChI is InChI=1S/C23H30N4O3/c1-5-27-16(4)20(15(3)25-27)14(2)24-22(28)19-10-6-8-17-12-26(23(29)21(17)19)13-18-9-7-11-30-18/h6,8,10,14,18H,5,7,9,11-13H2,1-4H3,(H,24,28)/t14-,18-/m0/s1. The molecule has 1 aromatic heterocycles. The number of ether oxygens (including phenoxy) is 1. The fourth-order valence-electron chi connectivity index (χ4n) is 4.78. The molecule has 0 bridgehead atoms. The van der Waals surface area contributed by atoms with Gasteiger partial charge in [0.2, 0.25) is 0 Å². The Morgan fingerprint density at radius 2 is 2.17 bits per heavy atom. The highest BCUT2D eigenvalue weighted by Gasteiger charge is 2.34. The minimum atomic E-state index is -0.227. The van der Waals surface area contributed by atoms with Gasteiger partial charge in [-0.2, -0.15) is 5.10 Å². The van der Waals surface area contributed by atoms with Gasteiger partial charge in [-0.15, -0.1) is 0 Å². The average Bonchev–Trinajstić information content (AvgIpc) is 3.41. The van der Waals surface area contributed by atoms with Crippen LogP contribution in [0, 0.1) is 13.8 Å². The summed E-state index contributed by atoms with van der Waals surface area (Å²) < 4.78 is 7.64. The average molecular weight is 411 g/mol. The van der Waals surface area contributed by atoms with Crippen LogP contribution < -0.4 is 5.32 Å². The highest BCUT2D eigenvalue weighted by Crippen LogP contribution is 2.29. The van der Waals surface area contributed by atoms with Crippen LogP contribution in [0.3, 0.4) is 0 Å². The summed E-state index contributed by atoms with van der Waals surface area (Å²) in [5.74, 6) is -0.306. The van der Waals surface area contributed by atoms with Crippen LogP contribution in [0.25, 0.3) is 0 Å². The Labute approximate surface area is 177 Å². The number of nitrogens with zero attached hydrogens (tertiary/aromatic N) is 3. The van der Waals surface area contributed by atoms with Crippen LogP contribution >= 0.6 is 0 Å². The van der Waals surface area contributed by atoms with Gasteiger partial charge in [0.25, 0.3) is 11.8 Å². The van der Waals surface area contributed by atoms with Gasteiger partial charge in [0.15, 0.2) is 0 Å². The fourth-order valence-corrected chi connectivity index (χ4v) is 4.78. The number of hydrogen-bond donors (Lipinski definition) is 1. The predicted octanol–water partition coefficient (Wildman–Crippen LogP) is 3.15. The molecule has 2 aliphatic rings. The van der Waals surface area contributed by atoms with Gasteiger partial charge in [-0.1, -0.05) is 12.1 Å². The van der Waals surface area contributed by atoms with E-state index in [0.717, 1.165) is 48.5 Å². The first kappa shape index (κ1) is 20.6. The minimum absolute atomic E-state index is 0.0786. The summed E-state index contributed by atoms with van der Waals surface area (Å²) >= 11 is 0. The van der Waals surface area contributed by atoms with Gasteiger partial charge in [-0.25, -0.2) is 0 Å². The number of rotatable bonds is 6. The topological polar surface area (TPSA) is 76.5 Å². The van der Waals surface area contributed by atoms with Crippen LogP contribution in [0.1, 0.15) is 76.0 Å². The Morgan fingerprint density at radius 1 is 1.37 bits per heavy atom. The lowest BCUT2D eigenvalue weighted by Gasteiger charge is -2.20. The third kappa shape index (κ3) is 3.62. The molecule has 0 radical (unpaired) electrons. The van der Waals surface area contributed by atoms with Crippen LogP contribution in [-0.2, 0) is 17.8 Å². The molecule has 1 N–H and O–H groups in total. The highest BCUT2D eigenvalue weighted by atomic mass is 16.5. The molecule has 2 amide bonds. The molecular formula is C23H30N4O3. The molecule has 3 heterocycles. The van der Waals surface area contributed by atoms with Crippen LogP contribution in [0.4, 0.5) is 0 Å². The lowest BCUT2D eigenvalue weighted by Crippen LogP contribution is -2.33. The van der Waals surface area contributed by atoms with Crippen LogP contribution in [-0.4, -0.2) is 45.8 Å². The van der Waals surface area contributed by atoms with E-state index in [1.807, 2.05) is 44.5 Å². The molecule has 0 unspecified atom stereocenters. The van der Waals surface area contributed by atoms with Crippen molar-refractivity contribution in [1.29, 1.82) is 0 Å². The van der Waals surface area contributed by atoms with E-state index >= 15 is 0 Å². The summed E-state index contributed by atoms with van der Waals surface area (Å²) in [4.78, 5) is 28.0. The van der Waals surface area contributed by atoms with Gasteiger partial charge in [0, 0.05) is 37.5 Å². The molecule has 2 atom stereocenters. The number of amides is 2. The number of aryl methyl sites for hydroxylation is 2.